The molecule has 9 heteroatoms. The molecule has 8 nitrogen and oxygen atoms in total. The predicted molar refractivity (Wildman–Crippen MR) is 115 cm³/mol. The van der Waals surface area contributed by atoms with Crippen LogP contribution < -0.4 is 10.0 Å². The minimum Gasteiger partial charge on any atom is -0.321 e. The van der Waals surface area contributed by atoms with E-state index < -0.39 is 21.5 Å². The van der Waals surface area contributed by atoms with Gasteiger partial charge in [0.1, 0.15) is 4.90 Å². The zero-order valence-electron chi connectivity index (χ0n) is 17.6. The molecular weight excluding hydrogens is 402 g/mol. The number of rotatable bonds is 5. The molecule has 1 amide bonds. The van der Waals surface area contributed by atoms with Crippen LogP contribution >= 0.6 is 0 Å². The second kappa shape index (κ2) is 8.00. The number of carbonyl (C=O) groups is 1. The van der Waals surface area contributed by atoms with Crippen LogP contribution in [0.5, 0.6) is 0 Å². The number of hydrogen-bond acceptors (Lipinski definition) is 5. The van der Waals surface area contributed by atoms with Gasteiger partial charge in [-0.15, -0.1) is 0 Å². The highest BCUT2D eigenvalue weighted by Gasteiger charge is 2.25. The lowest BCUT2D eigenvalue weighted by atomic mass is 10.1. The van der Waals surface area contributed by atoms with Crippen molar-refractivity contribution in [2.45, 2.75) is 45.1 Å². The Morgan fingerprint density at radius 3 is 2.33 bits per heavy atom. The van der Waals surface area contributed by atoms with Crippen molar-refractivity contribution in [3.05, 3.63) is 65.6 Å². The molecule has 0 aliphatic carbocycles. The van der Waals surface area contributed by atoms with Crippen molar-refractivity contribution in [1.82, 2.24) is 19.5 Å². The number of aromatic nitrogens is 3. The summed E-state index contributed by atoms with van der Waals surface area (Å²) in [5, 5.41) is 7.04. The Bertz CT molecular complexity index is 1180. The topological polar surface area (TPSA) is 106 Å². The second-order valence-electron chi connectivity index (χ2n) is 8.05. The van der Waals surface area contributed by atoms with Gasteiger partial charge in [0.2, 0.25) is 10.0 Å². The van der Waals surface area contributed by atoms with Gasteiger partial charge in [-0.25, -0.2) is 22.8 Å². The van der Waals surface area contributed by atoms with Crippen LogP contribution in [0.3, 0.4) is 0 Å². The lowest BCUT2D eigenvalue weighted by Gasteiger charge is -2.21. The summed E-state index contributed by atoms with van der Waals surface area (Å²) < 4.78 is 29.8. The minimum atomic E-state index is -3.81. The number of pyridine rings is 1. The molecule has 3 rings (SSSR count). The quantitative estimate of drug-likeness (QED) is 0.650. The van der Waals surface area contributed by atoms with Crippen LogP contribution in [0, 0.1) is 13.8 Å². The van der Waals surface area contributed by atoms with Crippen molar-refractivity contribution in [3.63, 3.8) is 0 Å². The van der Waals surface area contributed by atoms with Crippen LogP contribution in [-0.2, 0) is 10.0 Å². The van der Waals surface area contributed by atoms with Crippen molar-refractivity contribution in [3.8, 4) is 5.82 Å². The largest absolute Gasteiger partial charge is 0.321 e. The number of para-hydroxylation sites is 1. The normalized spacial score (nSPS) is 12.0. The maximum Gasteiger partial charge on any atom is 0.257 e. The van der Waals surface area contributed by atoms with Crippen molar-refractivity contribution < 1.29 is 13.2 Å². The fourth-order valence-corrected chi connectivity index (χ4v) is 4.55. The number of amides is 1. The summed E-state index contributed by atoms with van der Waals surface area (Å²) >= 11 is 0. The number of benzene rings is 1. The predicted octanol–water partition coefficient (Wildman–Crippen LogP) is 3.21. The standard InChI is InChI=1S/C21H25N5O3S/c1-14-12-15(2)26(24-14)19-11-10-16(13-22-19)20(27)23-17-8-6-7-9-18(17)30(28,29)25-21(3,4)5/h6-13,25H,1-5H3,(H,23,27). The second-order valence-corrected chi connectivity index (χ2v) is 9.70. The third-order valence-corrected chi connectivity index (χ3v) is 5.92. The van der Waals surface area contributed by atoms with Crippen LogP contribution in [0.4, 0.5) is 5.69 Å². The number of sulfonamides is 1. The average Bonchev–Trinajstić information content (AvgIpc) is 2.98. The molecule has 0 saturated heterocycles. The SMILES string of the molecule is Cc1cc(C)n(-c2ccc(C(=O)Nc3ccccc3S(=O)(=O)NC(C)(C)C)cn2)n1. The molecule has 3 aromatic rings. The smallest absolute Gasteiger partial charge is 0.257 e. The van der Waals surface area contributed by atoms with E-state index in [4.69, 9.17) is 0 Å². The molecule has 0 bridgehead atoms. The Kier molecular flexibility index (Phi) is 5.78. The number of nitrogens with one attached hydrogen (secondary N) is 2. The monoisotopic (exact) mass is 427 g/mol. The van der Waals surface area contributed by atoms with Gasteiger partial charge in [0.25, 0.3) is 5.91 Å². The highest BCUT2D eigenvalue weighted by atomic mass is 32.2. The van der Waals surface area contributed by atoms with E-state index in [1.807, 2.05) is 19.9 Å². The van der Waals surface area contributed by atoms with Crippen LogP contribution in [0.15, 0.2) is 53.6 Å². The van der Waals surface area contributed by atoms with E-state index in [2.05, 4.69) is 20.1 Å². The molecule has 0 spiro atoms. The summed E-state index contributed by atoms with van der Waals surface area (Å²) in [4.78, 5) is 17.0. The molecular formula is C21H25N5O3S. The van der Waals surface area contributed by atoms with Crippen molar-refractivity contribution in [2.75, 3.05) is 5.32 Å². The maximum atomic E-state index is 12.7. The van der Waals surface area contributed by atoms with Gasteiger partial charge in [-0.3, -0.25) is 4.79 Å². The molecule has 0 fully saturated rings. The lowest BCUT2D eigenvalue weighted by molar-refractivity contribution is 0.102. The Morgan fingerprint density at radius 1 is 1.07 bits per heavy atom. The summed E-state index contributed by atoms with van der Waals surface area (Å²) in [5.74, 6) is 0.135. The van der Waals surface area contributed by atoms with Gasteiger partial charge in [0.05, 0.1) is 16.9 Å². The van der Waals surface area contributed by atoms with Crippen LogP contribution in [0.1, 0.15) is 42.5 Å². The van der Waals surface area contributed by atoms with Gasteiger partial charge < -0.3 is 5.32 Å². The van der Waals surface area contributed by atoms with Gasteiger partial charge in [-0.1, -0.05) is 12.1 Å². The number of nitrogens with zero attached hydrogens (tertiary/aromatic N) is 3. The summed E-state index contributed by atoms with van der Waals surface area (Å²) in [6.45, 7) is 9.07. The summed E-state index contributed by atoms with van der Waals surface area (Å²) in [6.07, 6.45) is 1.44. The minimum absolute atomic E-state index is 0.000459. The van der Waals surface area contributed by atoms with Gasteiger partial charge >= 0.3 is 0 Å². The molecule has 0 atom stereocenters. The lowest BCUT2D eigenvalue weighted by Crippen LogP contribution is -2.40. The van der Waals surface area contributed by atoms with Gasteiger partial charge in [-0.2, -0.15) is 5.10 Å². The highest BCUT2D eigenvalue weighted by Crippen LogP contribution is 2.23. The molecule has 2 N–H and O–H groups in total. The van der Waals surface area contributed by atoms with E-state index in [1.54, 1.807) is 55.8 Å². The summed E-state index contributed by atoms with van der Waals surface area (Å²) in [7, 11) is -3.81. The van der Waals surface area contributed by atoms with Gasteiger partial charge in [0, 0.05) is 17.4 Å². The van der Waals surface area contributed by atoms with Crippen LogP contribution in [0.2, 0.25) is 0 Å². The fourth-order valence-electron chi connectivity index (χ4n) is 2.96. The van der Waals surface area contributed by atoms with Gasteiger partial charge in [0.15, 0.2) is 5.82 Å². The molecule has 0 saturated carbocycles. The molecule has 30 heavy (non-hydrogen) atoms. The molecule has 0 aliphatic rings. The summed E-state index contributed by atoms with van der Waals surface area (Å²) in [5.41, 5.74) is 1.65. The van der Waals surface area contributed by atoms with E-state index in [9.17, 15) is 13.2 Å². The molecule has 0 unspecified atom stereocenters. The summed E-state index contributed by atoms with van der Waals surface area (Å²) in [6, 6.07) is 11.5. The number of anilines is 1. The van der Waals surface area contributed by atoms with E-state index >= 15 is 0 Å². The zero-order chi connectivity index (χ0) is 22.1. The Labute approximate surface area is 176 Å². The number of carbonyl (C=O) groups excluding carboxylic acids is 1. The highest BCUT2D eigenvalue weighted by molar-refractivity contribution is 7.89. The Balaban J connectivity index is 1.84. The molecule has 1 aromatic carbocycles. The van der Waals surface area contributed by atoms with Crippen LogP contribution in [-0.4, -0.2) is 34.6 Å². The van der Waals surface area contributed by atoms with E-state index in [-0.39, 0.29) is 10.6 Å². The molecule has 2 heterocycles. The first-order valence-electron chi connectivity index (χ1n) is 9.40. The van der Waals surface area contributed by atoms with Crippen molar-refractivity contribution in [2.24, 2.45) is 0 Å². The Hall–Kier alpha value is -3.04. The third kappa shape index (κ3) is 4.92. The Morgan fingerprint density at radius 2 is 1.77 bits per heavy atom. The maximum absolute atomic E-state index is 12.7. The first-order valence-corrected chi connectivity index (χ1v) is 10.9. The van der Waals surface area contributed by atoms with Crippen molar-refractivity contribution in [1.29, 1.82) is 0 Å². The average molecular weight is 428 g/mol. The first kappa shape index (κ1) is 21.7. The van der Waals surface area contributed by atoms with E-state index in [0.717, 1.165) is 11.4 Å². The van der Waals surface area contributed by atoms with Crippen LogP contribution in [0.25, 0.3) is 5.82 Å². The molecule has 158 valence electrons. The van der Waals surface area contributed by atoms with Crippen molar-refractivity contribution >= 4 is 21.6 Å². The number of aryl methyl sites for hydroxylation is 2. The first-order chi connectivity index (χ1) is 14.0. The van der Waals surface area contributed by atoms with E-state index in [0.29, 0.717) is 11.4 Å². The molecule has 0 aliphatic heterocycles. The van der Waals surface area contributed by atoms with E-state index in [1.165, 1.54) is 12.3 Å². The van der Waals surface area contributed by atoms with Gasteiger partial charge in [-0.05, 0) is 65.0 Å². The third-order valence-electron chi connectivity index (χ3n) is 4.10. The molecule has 2 aromatic heterocycles. The fraction of sp³-hybridized carbons (Fsp3) is 0.286. The molecule has 0 radical (unpaired) electrons. The number of hydrogen-bond donors (Lipinski definition) is 2. The zero-order valence-corrected chi connectivity index (χ0v) is 18.4.